The average Bonchev–Trinajstić information content (AvgIpc) is 2.14. The van der Waals surface area contributed by atoms with Crippen LogP contribution in [0, 0.1) is 0 Å². The van der Waals surface area contributed by atoms with E-state index in [2.05, 4.69) is 26.8 Å². The van der Waals surface area contributed by atoms with E-state index in [0.717, 1.165) is 12.8 Å². The smallest absolute Gasteiger partial charge is 0.309 e. The van der Waals surface area contributed by atoms with Crippen molar-refractivity contribution in [3.8, 4) is 0 Å². The molecule has 0 heterocycles. The first-order chi connectivity index (χ1) is 7.06. The molecular formula is C13H22O2. The van der Waals surface area contributed by atoms with E-state index in [4.69, 9.17) is 4.74 Å². The second-order valence-corrected chi connectivity index (χ2v) is 3.88. The largest absolute Gasteiger partial charge is 0.466 e. The van der Waals surface area contributed by atoms with Gasteiger partial charge in [-0.25, -0.2) is 0 Å². The van der Waals surface area contributed by atoms with Crippen LogP contribution in [-0.4, -0.2) is 12.6 Å². The molecule has 0 aromatic rings. The van der Waals surface area contributed by atoms with E-state index in [-0.39, 0.29) is 5.97 Å². The minimum Gasteiger partial charge on any atom is -0.466 e. The third-order valence-corrected chi connectivity index (χ3v) is 2.01. The molecule has 0 saturated heterocycles. The maximum Gasteiger partial charge on any atom is 0.309 e. The van der Waals surface area contributed by atoms with Gasteiger partial charge in [-0.2, -0.15) is 0 Å². The topological polar surface area (TPSA) is 26.3 Å². The van der Waals surface area contributed by atoms with Gasteiger partial charge in [0.05, 0.1) is 13.0 Å². The summed E-state index contributed by atoms with van der Waals surface area (Å²) in [6.45, 7) is 8.53. The molecule has 0 aliphatic rings. The molecular weight excluding hydrogens is 188 g/mol. The molecule has 0 aromatic heterocycles. The second-order valence-electron chi connectivity index (χ2n) is 3.88. The van der Waals surface area contributed by atoms with Gasteiger partial charge in [0.25, 0.3) is 0 Å². The summed E-state index contributed by atoms with van der Waals surface area (Å²) in [7, 11) is 0. The maximum absolute atomic E-state index is 11.1. The van der Waals surface area contributed by atoms with E-state index in [1.807, 2.05) is 13.0 Å². The molecule has 0 rings (SSSR count). The third kappa shape index (κ3) is 9.26. The summed E-state index contributed by atoms with van der Waals surface area (Å²) in [6, 6.07) is 0. The van der Waals surface area contributed by atoms with E-state index >= 15 is 0 Å². The van der Waals surface area contributed by atoms with E-state index in [1.54, 1.807) is 0 Å². The van der Waals surface area contributed by atoms with Gasteiger partial charge in [0.1, 0.15) is 0 Å². The first-order valence-corrected chi connectivity index (χ1v) is 5.50. The molecule has 0 aliphatic carbocycles. The molecule has 0 spiro atoms. The van der Waals surface area contributed by atoms with Crippen molar-refractivity contribution in [1.29, 1.82) is 0 Å². The molecule has 0 unspecified atom stereocenters. The molecule has 86 valence electrons. The van der Waals surface area contributed by atoms with Crippen molar-refractivity contribution in [2.45, 2.75) is 47.0 Å². The Labute approximate surface area is 93.0 Å². The summed E-state index contributed by atoms with van der Waals surface area (Å²) in [5.74, 6) is -0.140. The Bertz CT molecular complexity index is 245. The van der Waals surface area contributed by atoms with E-state index in [9.17, 15) is 4.79 Å². The van der Waals surface area contributed by atoms with Crippen molar-refractivity contribution >= 4 is 5.97 Å². The van der Waals surface area contributed by atoms with Crippen LogP contribution in [0.15, 0.2) is 23.3 Å². The standard InChI is InChI=1S/C13H22O2/c1-5-15-13(14)10-9-12(4)8-6-7-11(2)3/h7,9H,5-6,8,10H2,1-4H3/b12-9-. The van der Waals surface area contributed by atoms with Crippen LogP contribution in [0.1, 0.15) is 47.0 Å². The lowest BCUT2D eigenvalue weighted by molar-refractivity contribution is -0.142. The Kier molecular flexibility index (Phi) is 7.69. The van der Waals surface area contributed by atoms with Crippen LogP contribution in [0.4, 0.5) is 0 Å². The first-order valence-electron chi connectivity index (χ1n) is 5.50. The van der Waals surface area contributed by atoms with Gasteiger partial charge < -0.3 is 4.74 Å². The van der Waals surface area contributed by atoms with Crippen LogP contribution >= 0.6 is 0 Å². The first kappa shape index (κ1) is 13.9. The highest BCUT2D eigenvalue weighted by Gasteiger charge is 1.98. The lowest BCUT2D eigenvalue weighted by Crippen LogP contribution is -2.01. The zero-order chi connectivity index (χ0) is 11.7. The van der Waals surface area contributed by atoms with Crippen LogP contribution < -0.4 is 0 Å². The van der Waals surface area contributed by atoms with E-state index < -0.39 is 0 Å². The lowest BCUT2D eigenvalue weighted by Gasteiger charge is -2.00. The Morgan fingerprint density at radius 3 is 2.40 bits per heavy atom. The molecule has 0 radical (unpaired) electrons. The third-order valence-electron chi connectivity index (χ3n) is 2.01. The number of hydrogen-bond donors (Lipinski definition) is 0. The molecule has 2 nitrogen and oxygen atoms in total. The minimum absolute atomic E-state index is 0.140. The fraction of sp³-hybridized carbons (Fsp3) is 0.615. The molecule has 0 N–H and O–H groups in total. The van der Waals surface area contributed by atoms with Gasteiger partial charge in [-0.15, -0.1) is 0 Å². The van der Waals surface area contributed by atoms with E-state index in [1.165, 1.54) is 11.1 Å². The predicted octanol–water partition coefficient (Wildman–Crippen LogP) is 3.63. The summed E-state index contributed by atoms with van der Waals surface area (Å²) < 4.78 is 4.84. The van der Waals surface area contributed by atoms with Gasteiger partial charge in [0.2, 0.25) is 0 Å². The monoisotopic (exact) mass is 210 g/mol. The zero-order valence-corrected chi connectivity index (χ0v) is 10.3. The van der Waals surface area contributed by atoms with Crippen LogP contribution in [0.5, 0.6) is 0 Å². The summed E-state index contributed by atoms with van der Waals surface area (Å²) in [5.41, 5.74) is 2.59. The number of rotatable bonds is 6. The highest BCUT2D eigenvalue weighted by atomic mass is 16.5. The van der Waals surface area contributed by atoms with Crippen LogP contribution in [0.25, 0.3) is 0 Å². The van der Waals surface area contributed by atoms with E-state index in [0.29, 0.717) is 13.0 Å². The molecule has 2 heteroatoms. The molecule has 0 aromatic carbocycles. The van der Waals surface area contributed by atoms with Crippen LogP contribution in [0.2, 0.25) is 0 Å². The van der Waals surface area contributed by atoms with Crippen molar-refractivity contribution in [3.05, 3.63) is 23.3 Å². The fourth-order valence-corrected chi connectivity index (χ4v) is 1.17. The zero-order valence-electron chi connectivity index (χ0n) is 10.3. The van der Waals surface area contributed by atoms with Crippen molar-refractivity contribution in [2.24, 2.45) is 0 Å². The number of hydrogen-bond acceptors (Lipinski definition) is 2. The van der Waals surface area contributed by atoms with Crippen LogP contribution in [-0.2, 0) is 9.53 Å². The number of carbonyl (C=O) groups excluding carboxylic acids is 1. The maximum atomic E-state index is 11.1. The van der Waals surface area contributed by atoms with Gasteiger partial charge >= 0.3 is 5.97 Å². The summed E-state index contributed by atoms with van der Waals surface area (Å²) in [6.07, 6.45) is 6.63. The molecule has 0 saturated carbocycles. The lowest BCUT2D eigenvalue weighted by atomic mass is 10.1. The predicted molar refractivity (Wildman–Crippen MR) is 63.7 cm³/mol. The van der Waals surface area contributed by atoms with Gasteiger partial charge in [-0.3, -0.25) is 4.79 Å². The van der Waals surface area contributed by atoms with Crippen molar-refractivity contribution in [1.82, 2.24) is 0 Å². The number of ether oxygens (including phenoxy) is 1. The van der Waals surface area contributed by atoms with Gasteiger partial charge in [-0.05, 0) is 40.5 Å². The minimum atomic E-state index is -0.140. The number of carbonyl (C=O) groups is 1. The molecule has 0 aliphatic heterocycles. The van der Waals surface area contributed by atoms with Crippen LogP contribution in [0.3, 0.4) is 0 Å². The average molecular weight is 210 g/mol. The SMILES string of the molecule is CCOC(=O)C/C=C(/C)CCC=C(C)C. The molecule has 0 bridgehead atoms. The summed E-state index contributed by atoms with van der Waals surface area (Å²) >= 11 is 0. The molecule has 0 amide bonds. The molecule has 0 fully saturated rings. The normalized spacial score (nSPS) is 11.1. The Morgan fingerprint density at radius 1 is 1.20 bits per heavy atom. The van der Waals surface area contributed by atoms with Gasteiger partial charge in [0, 0.05) is 0 Å². The summed E-state index contributed by atoms with van der Waals surface area (Å²) in [5, 5.41) is 0. The van der Waals surface area contributed by atoms with Gasteiger partial charge in [-0.1, -0.05) is 23.3 Å². The highest BCUT2D eigenvalue weighted by Crippen LogP contribution is 2.07. The Balaban J connectivity index is 3.79. The second kappa shape index (κ2) is 8.27. The van der Waals surface area contributed by atoms with Crippen molar-refractivity contribution in [2.75, 3.05) is 6.61 Å². The Morgan fingerprint density at radius 2 is 1.87 bits per heavy atom. The molecule has 0 atom stereocenters. The van der Waals surface area contributed by atoms with Gasteiger partial charge in [0.15, 0.2) is 0 Å². The summed E-state index contributed by atoms with van der Waals surface area (Å²) in [4.78, 5) is 11.1. The Hall–Kier alpha value is -1.05. The number of allylic oxidation sites excluding steroid dienone is 3. The highest BCUT2D eigenvalue weighted by molar-refractivity contribution is 5.71. The quantitative estimate of drug-likeness (QED) is 0.494. The van der Waals surface area contributed by atoms with Crippen molar-refractivity contribution < 1.29 is 9.53 Å². The fourth-order valence-electron chi connectivity index (χ4n) is 1.17. The molecule has 15 heavy (non-hydrogen) atoms. The van der Waals surface area contributed by atoms with Crippen molar-refractivity contribution in [3.63, 3.8) is 0 Å². The number of esters is 1.